The second-order valence-corrected chi connectivity index (χ2v) is 4.93. The van der Waals surface area contributed by atoms with Gasteiger partial charge in [-0.15, -0.1) is 0 Å². The van der Waals surface area contributed by atoms with Crippen LogP contribution in [0.4, 0.5) is 0 Å². The van der Waals surface area contributed by atoms with Crippen LogP contribution in [0.1, 0.15) is 5.56 Å². The Morgan fingerprint density at radius 1 is 1.11 bits per heavy atom. The zero-order chi connectivity index (χ0) is 12.7. The molecule has 1 aromatic heterocycles. The molecular weight excluding hydrogens is 244 g/mol. The van der Waals surface area contributed by atoms with Crippen molar-refractivity contribution < 1.29 is 0 Å². The summed E-state index contributed by atoms with van der Waals surface area (Å²) in [6.45, 7) is 2.08. The van der Waals surface area contributed by atoms with Crippen molar-refractivity contribution in [2.45, 2.75) is 6.92 Å². The molecule has 0 saturated heterocycles. The van der Waals surface area contributed by atoms with Crippen molar-refractivity contribution in [3.63, 3.8) is 0 Å². The van der Waals surface area contributed by atoms with Gasteiger partial charge in [0.15, 0.2) is 0 Å². The zero-order valence-electron chi connectivity index (χ0n) is 10.3. The van der Waals surface area contributed by atoms with Crippen LogP contribution in [-0.4, -0.2) is 9.55 Å². The third-order valence-corrected chi connectivity index (χ3v) is 3.35. The number of rotatable bonds is 1. The van der Waals surface area contributed by atoms with Crippen molar-refractivity contribution in [1.29, 1.82) is 0 Å². The van der Waals surface area contributed by atoms with Gasteiger partial charge in [0.25, 0.3) is 0 Å². The summed E-state index contributed by atoms with van der Waals surface area (Å²) in [5, 5.41) is 0.732. The Kier molecular flexibility index (Phi) is 2.60. The van der Waals surface area contributed by atoms with Gasteiger partial charge in [-0.25, -0.2) is 4.98 Å². The van der Waals surface area contributed by atoms with Crippen LogP contribution >= 0.6 is 11.6 Å². The Labute approximate surface area is 111 Å². The molecule has 0 aliphatic carbocycles. The minimum Gasteiger partial charge on any atom is -0.327 e. The first-order valence-electron chi connectivity index (χ1n) is 5.84. The van der Waals surface area contributed by atoms with E-state index in [0.29, 0.717) is 0 Å². The van der Waals surface area contributed by atoms with Crippen LogP contribution < -0.4 is 0 Å². The van der Waals surface area contributed by atoms with Crippen LogP contribution in [0.3, 0.4) is 0 Å². The predicted octanol–water partition coefficient (Wildman–Crippen LogP) is 4.20. The molecule has 0 aliphatic rings. The van der Waals surface area contributed by atoms with E-state index >= 15 is 0 Å². The van der Waals surface area contributed by atoms with E-state index in [-0.39, 0.29) is 0 Å². The summed E-state index contributed by atoms with van der Waals surface area (Å²) in [5.41, 5.74) is 4.42. The van der Waals surface area contributed by atoms with E-state index in [4.69, 9.17) is 11.6 Å². The lowest BCUT2D eigenvalue weighted by molar-refractivity contribution is 0.959. The first-order chi connectivity index (χ1) is 8.65. The minimum atomic E-state index is 0.732. The van der Waals surface area contributed by atoms with Crippen LogP contribution in [0.25, 0.3) is 22.4 Å². The van der Waals surface area contributed by atoms with Gasteiger partial charge in [-0.05, 0) is 36.8 Å². The van der Waals surface area contributed by atoms with Crippen molar-refractivity contribution in [1.82, 2.24) is 9.55 Å². The predicted molar refractivity (Wildman–Crippen MR) is 75.9 cm³/mol. The average Bonchev–Trinajstić information content (AvgIpc) is 2.66. The van der Waals surface area contributed by atoms with Crippen molar-refractivity contribution in [3.05, 3.63) is 53.1 Å². The van der Waals surface area contributed by atoms with Gasteiger partial charge in [-0.1, -0.05) is 29.8 Å². The summed E-state index contributed by atoms with van der Waals surface area (Å²) < 4.78 is 2.10. The number of imidazole rings is 1. The lowest BCUT2D eigenvalue weighted by Gasteiger charge is -2.02. The fourth-order valence-corrected chi connectivity index (χ4v) is 2.39. The number of hydrogen-bond donors (Lipinski definition) is 0. The van der Waals surface area contributed by atoms with Gasteiger partial charge >= 0.3 is 0 Å². The standard InChI is InChI=1S/C15H13ClN2/c1-10-6-7-14-13(8-10)17-15(18(14)2)11-4-3-5-12(16)9-11/h3-9H,1-2H3. The van der Waals surface area contributed by atoms with E-state index in [2.05, 4.69) is 34.7 Å². The Hall–Kier alpha value is -1.80. The van der Waals surface area contributed by atoms with Gasteiger partial charge in [0.1, 0.15) is 5.82 Å². The van der Waals surface area contributed by atoms with Crippen LogP contribution in [0.15, 0.2) is 42.5 Å². The highest BCUT2D eigenvalue weighted by Gasteiger charge is 2.09. The number of aryl methyl sites for hydroxylation is 2. The van der Waals surface area contributed by atoms with E-state index in [0.717, 1.165) is 27.4 Å². The van der Waals surface area contributed by atoms with Crippen molar-refractivity contribution in [2.24, 2.45) is 7.05 Å². The summed E-state index contributed by atoms with van der Waals surface area (Å²) >= 11 is 6.03. The highest BCUT2D eigenvalue weighted by molar-refractivity contribution is 6.30. The summed E-state index contributed by atoms with van der Waals surface area (Å²) in [6, 6.07) is 14.1. The number of fused-ring (bicyclic) bond motifs is 1. The van der Waals surface area contributed by atoms with Gasteiger partial charge in [-0.3, -0.25) is 0 Å². The maximum Gasteiger partial charge on any atom is 0.140 e. The Balaban J connectivity index is 2.27. The second-order valence-electron chi connectivity index (χ2n) is 4.50. The molecule has 0 radical (unpaired) electrons. The van der Waals surface area contributed by atoms with Crippen LogP contribution in [0, 0.1) is 6.92 Å². The largest absolute Gasteiger partial charge is 0.327 e. The van der Waals surface area contributed by atoms with Gasteiger partial charge in [-0.2, -0.15) is 0 Å². The van der Waals surface area contributed by atoms with Crippen LogP contribution in [0.5, 0.6) is 0 Å². The Bertz CT molecular complexity index is 728. The molecular formula is C15H13ClN2. The Morgan fingerprint density at radius 2 is 1.94 bits per heavy atom. The van der Waals surface area contributed by atoms with Gasteiger partial charge in [0.2, 0.25) is 0 Å². The molecule has 2 aromatic carbocycles. The maximum absolute atomic E-state index is 6.03. The van der Waals surface area contributed by atoms with Crippen LogP contribution in [0.2, 0.25) is 5.02 Å². The number of benzene rings is 2. The number of hydrogen-bond acceptors (Lipinski definition) is 1. The molecule has 3 rings (SSSR count). The van der Waals surface area contributed by atoms with E-state index in [9.17, 15) is 0 Å². The molecule has 0 saturated carbocycles. The third-order valence-electron chi connectivity index (χ3n) is 3.12. The molecule has 2 nitrogen and oxygen atoms in total. The molecule has 90 valence electrons. The first-order valence-corrected chi connectivity index (χ1v) is 6.22. The highest BCUT2D eigenvalue weighted by Crippen LogP contribution is 2.26. The molecule has 18 heavy (non-hydrogen) atoms. The minimum absolute atomic E-state index is 0.732. The topological polar surface area (TPSA) is 17.8 Å². The Morgan fingerprint density at radius 3 is 2.72 bits per heavy atom. The maximum atomic E-state index is 6.03. The molecule has 0 amide bonds. The number of nitrogens with zero attached hydrogens (tertiary/aromatic N) is 2. The molecule has 0 fully saturated rings. The molecule has 0 aliphatic heterocycles. The molecule has 0 bridgehead atoms. The van der Waals surface area contributed by atoms with Gasteiger partial charge in [0.05, 0.1) is 11.0 Å². The quantitative estimate of drug-likeness (QED) is 0.638. The first kappa shape index (κ1) is 11.3. The van der Waals surface area contributed by atoms with Gasteiger partial charge in [0, 0.05) is 17.6 Å². The molecule has 3 heteroatoms. The number of aromatic nitrogens is 2. The molecule has 1 heterocycles. The molecule has 0 atom stereocenters. The van der Waals surface area contributed by atoms with E-state index in [1.165, 1.54) is 5.56 Å². The van der Waals surface area contributed by atoms with Crippen LogP contribution in [-0.2, 0) is 7.05 Å². The summed E-state index contributed by atoms with van der Waals surface area (Å²) in [5.74, 6) is 0.943. The summed E-state index contributed by atoms with van der Waals surface area (Å²) in [6.07, 6.45) is 0. The average molecular weight is 257 g/mol. The van der Waals surface area contributed by atoms with Crippen molar-refractivity contribution in [3.8, 4) is 11.4 Å². The van der Waals surface area contributed by atoms with Gasteiger partial charge < -0.3 is 4.57 Å². The smallest absolute Gasteiger partial charge is 0.140 e. The number of halogens is 1. The third kappa shape index (κ3) is 1.79. The molecule has 0 unspecified atom stereocenters. The molecule has 0 N–H and O–H groups in total. The van der Waals surface area contributed by atoms with E-state index in [1.54, 1.807) is 0 Å². The summed E-state index contributed by atoms with van der Waals surface area (Å²) in [4.78, 5) is 4.69. The zero-order valence-corrected chi connectivity index (χ0v) is 11.1. The lowest BCUT2D eigenvalue weighted by atomic mass is 10.2. The van der Waals surface area contributed by atoms with E-state index in [1.807, 2.05) is 31.3 Å². The molecule has 0 spiro atoms. The monoisotopic (exact) mass is 256 g/mol. The van der Waals surface area contributed by atoms with Crippen molar-refractivity contribution in [2.75, 3.05) is 0 Å². The van der Waals surface area contributed by atoms with Crippen molar-refractivity contribution >= 4 is 22.6 Å². The van der Waals surface area contributed by atoms with E-state index < -0.39 is 0 Å². The summed E-state index contributed by atoms with van der Waals surface area (Å²) in [7, 11) is 2.03. The normalized spacial score (nSPS) is 11.1. The highest BCUT2D eigenvalue weighted by atomic mass is 35.5. The fraction of sp³-hybridized carbons (Fsp3) is 0.133. The fourth-order valence-electron chi connectivity index (χ4n) is 2.20. The lowest BCUT2D eigenvalue weighted by Crippen LogP contribution is -1.92. The second kappa shape index (κ2) is 4.14. The molecule has 3 aromatic rings. The SMILES string of the molecule is Cc1ccc2c(c1)nc(-c1cccc(Cl)c1)n2C.